The summed E-state index contributed by atoms with van der Waals surface area (Å²) < 4.78 is 0. The van der Waals surface area contributed by atoms with Gasteiger partial charge in [0.25, 0.3) is 0 Å². The first-order valence-corrected chi connectivity index (χ1v) is 4.34. The molecule has 0 saturated heterocycles. The van der Waals surface area contributed by atoms with Crippen molar-refractivity contribution >= 4 is 0 Å². The Hall–Kier alpha value is -0.0400. The molecule has 61 valence electrons. The van der Waals surface area contributed by atoms with Gasteiger partial charge >= 0.3 is 0 Å². The smallest absolute Gasteiger partial charge is 0.00746 e. The lowest BCUT2D eigenvalue weighted by molar-refractivity contribution is 0.443. The van der Waals surface area contributed by atoms with Gasteiger partial charge in [0.2, 0.25) is 0 Å². The van der Waals surface area contributed by atoms with Crippen LogP contribution in [0.15, 0.2) is 0 Å². The highest BCUT2D eigenvalue weighted by Crippen LogP contribution is 2.14. The topological polar surface area (TPSA) is 26.0 Å². The molecule has 1 radical (unpaired) electrons. The van der Waals surface area contributed by atoms with E-state index in [0.717, 1.165) is 25.3 Å². The second kappa shape index (κ2) is 7.07. The molecule has 1 heteroatoms. The van der Waals surface area contributed by atoms with Crippen molar-refractivity contribution in [3.63, 3.8) is 0 Å². The highest BCUT2D eigenvalue weighted by molar-refractivity contribution is 4.60. The zero-order valence-corrected chi connectivity index (χ0v) is 7.10. The maximum absolute atomic E-state index is 5.45. The van der Waals surface area contributed by atoms with Gasteiger partial charge in [0.05, 0.1) is 0 Å². The normalized spacial score (nSPS) is 13.5. The second-order valence-corrected chi connectivity index (χ2v) is 2.87. The molecule has 0 aliphatic heterocycles. The van der Waals surface area contributed by atoms with E-state index in [-0.39, 0.29) is 0 Å². The van der Waals surface area contributed by atoms with Crippen LogP contribution in [0.25, 0.3) is 0 Å². The molecule has 0 amide bonds. The predicted octanol–water partition coefficient (Wildman–Crippen LogP) is 2.37. The summed E-state index contributed by atoms with van der Waals surface area (Å²) in [6, 6.07) is 0. The van der Waals surface area contributed by atoms with Gasteiger partial charge in [0.15, 0.2) is 0 Å². The van der Waals surface area contributed by atoms with Crippen LogP contribution >= 0.6 is 0 Å². The summed E-state index contributed by atoms with van der Waals surface area (Å²) in [4.78, 5) is 0. The van der Waals surface area contributed by atoms with Crippen molar-refractivity contribution in [1.29, 1.82) is 0 Å². The van der Waals surface area contributed by atoms with Crippen molar-refractivity contribution in [2.24, 2.45) is 11.7 Å². The summed E-state index contributed by atoms with van der Waals surface area (Å²) in [5.74, 6) is 0.782. The Balaban J connectivity index is 3.21. The third-order valence-corrected chi connectivity index (χ3v) is 1.95. The van der Waals surface area contributed by atoms with E-state index >= 15 is 0 Å². The molecule has 0 bridgehead atoms. The predicted molar refractivity (Wildman–Crippen MR) is 46.7 cm³/mol. The molecular formula is C9H20N. The van der Waals surface area contributed by atoms with Crippen LogP contribution in [0.4, 0.5) is 0 Å². The third kappa shape index (κ3) is 4.80. The fourth-order valence-corrected chi connectivity index (χ4v) is 1.16. The van der Waals surface area contributed by atoms with Crippen LogP contribution in [0, 0.1) is 12.8 Å². The van der Waals surface area contributed by atoms with E-state index in [9.17, 15) is 0 Å². The molecule has 0 aromatic carbocycles. The van der Waals surface area contributed by atoms with E-state index < -0.39 is 0 Å². The lowest BCUT2D eigenvalue weighted by atomic mass is 9.96. The van der Waals surface area contributed by atoms with Crippen LogP contribution in [-0.2, 0) is 0 Å². The molecule has 0 aliphatic rings. The molecule has 0 fully saturated rings. The standard InChI is InChI=1S/C9H20N/c1-3-5-6-9(4-2)7-8-10/h9H,2-8,10H2,1H3. The number of hydrogen-bond acceptors (Lipinski definition) is 1. The molecule has 0 aliphatic carbocycles. The van der Waals surface area contributed by atoms with Gasteiger partial charge in [-0.15, -0.1) is 0 Å². The molecule has 1 nitrogen and oxygen atoms in total. The zero-order valence-electron chi connectivity index (χ0n) is 7.10. The largest absolute Gasteiger partial charge is 0.330 e. The minimum absolute atomic E-state index is 0.782. The van der Waals surface area contributed by atoms with Crippen molar-refractivity contribution in [3.8, 4) is 0 Å². The minimum Gasteiger partial charge on any atom is -0.330 e. The molecule has 0 aromatic heterocycles. The summed E-state index contributed by atoms with van der Waals surface area (Å²) in [5.41, 5.74) is 5.45. The zero-order chi connectivity index (χ0) is 7.82. The van der Waals surface area contributed by atoms with Gasteiger partial charge in [0.1, 0.15) is 0 Å². The van der Waals surface area contributed by atoms with E-state index in [1.54, 1.807) is 0 Å². The van der Waals surface area contributed by atoms with E-state index in [4.69, 9.17) is 5.73 Å². The minimum atomic E-state index is 0.782. The van der Waals surface area contributed by atoms with Crippen molar-refractivity contribution in [2.75, 3.05) is 6.54 Å². The van der Waals surface area contributed by atoms with Crippen LogP contribution in [0.1, 0.15) is 39.0 Å². The first-order chi connectivity index (χ1) is 4.85. The molecule has 0 saturated carbocycles. The maximum atomic E-state index is 5.45. The van der Waals surface area contributed by atoms with E-state index in [1.165, 1.54) is 19.3 Å². The van der Waals surface area contributed by atoms with Crippen LogP contribution in [-0.4, -0.2) is 6.54 Å². The Bertz CT molecular complexity index is 61.7. The van der Waals surface area contributed by atoms with Crippen LogP contribution < -0.4 is 5.73 Å². The molecule has 1 atom stereocenters. The van der Waals surface area contributed by atoms with Crippen molar-refractivity contribution in [3.05, 3.63) is 6.92 Å². The number of nitrogens with two attached hydrogens (primary N) is 1. The molecule has 10 heavy (non-hydrogen) atoms. The van der Waals surface area contributed by atoms with Crippen LogP contribution in [0.3, 0.4) is 0 Å². The quantitative estimate of drug-likeness (QED) is 0.605. The fraction of sp³-hybridized carbons (Fsp3) is 0.889. The average molecular weight is 142 g/mol. The lowest BCUT2D eigenvalue weighted by Crippen LogP contribution is -2.07. The van der Waals surface area contributed by atoms with Gasteiger partial charge in [-0.1, -0.05) is 39.5 Å². The van der Waals surface area contributed by atoms with Gasteiger partial charge in [-0.2, -0.15) is 0 Å². The summed E-state index contributed by atoms with van der Waals surface area (Å²) >= 11 is 0. The number of hydrogen-bond donors (Lipinski definition) is 1. The molecule has 0 heterocycles. The summed E-state index contributed by atoms with van der Waals surface area (Å²) in [6.07, 6.45) is 6.15. The Morgan fingerprint density at radius 2 is 2.10 bits per heavy atom. The molecule has 0 aromatic rings. The first-order valence-electron chi connectivity index (χ1n) is 4.34. The average Bonchev–Trinajstić information content (AvgIpc) is 1.98. The van der Waals surface area contributed by atoms with Gasteiger partial charge in [-0.05, 0) is 18.9 Å². The molecule has 0 spiro atoms. The Morgan fingerprint density at radius 3 is 2.50 bits per heavy atom. The highest BCUT2D eigenvalue weighted by atomic mass is 14.5. The Labute approximate surface area is 65.0 Å². The van der Waals surface area contributed by atoms with Gasteiger partial charge in [0, 0.05) is 0 Å². The van der Waals surface area contributed by atoms with Gasteiger partial charge < -0.3 is 5.73 Å². The van der Waals surface area contributed by atoms with E-state index in [1.807, 2.05) is 0 Å². The third-order valence-electron chi connectivity index (χ3n) is 1.95. The summed E-state index contributed by atoms with van der Waals surface area (Å²) in [5, 5.41) is 0. The van der Waals surface area contributed by atoms with Crippen LogP contribution in [0.5, 0.6) is 0 Å². The van der Waals surface area contributed by atoms with Crippen molar-refractivity contribution in [1.82, 2.24) is 0 Å². The Morgan fingerprint density at radius 1 is 1.40 bits per heavy atom. The van der Waals surface area contributed by atoms with Crippen molar-refractivity contribution in [2.45, 2.75) is 39.0 Å². The number of rotatable bonds is 6. The highest BCUT2D eigenvalue weighted by Gasteiger charge is 2.02. The monoisotopic (exact) mass is 142 g/mol. The Kier molecular flexibility index (Phi) is 7.04. The SMILES string of the molecule is [CH2]CC(CCN)CCCC. The molecule has 2 N–H and O–H groups in total. The summed E-state index contributed by atoms with van der Waals surface area (Å²) in [7, 11) is 0. The molecule has 1 unspecified atom stereocenters. The first kappa shape index (κ1) is 9.96. The number of unbranched alkanes of at least 4 members (excludes halogenated alkanes) is 1. The summed E-state index contributed by atoms with van der Waals surface area (Å²) in [6.45, 7) is 6.95. The molecule has 0 rings (SSSR count). The molecular weight excluding hydrogens is 122 g/mol. The van der Waals surface area contributed by atoms with Gasteiger partial charge in [-0.25, -0.2) is 0 Å². The van der Waals surface area contributed by atoms with E-state index in [0.29, 0.717) is 0 Å². The van der Waals surface area contributed by atoms with E-state index in [2.05, 4.69) is 13.8 Å². The van der Waals surface area contributed by atoms with Gasteiger partial charge in [-0.3, -0.25) is 0 Å². The lowest BCUT2D eigenvalue weighted by Gasteiger charge is -2.11. The second-order valence-electron chi connectivity index (χ2n) is 2.87. The maximum Gasteiger partial charge on any atom is -0.00746 e. The fourth-order valence-electron chi connectivity index (χ4n) is 1.16. The van der Waals surface area contributed by atoms with Crippen LogP contribution in [0.2, 0.25) is 0 Å². The van der Waals surface area contributed by atoms with Crippen molar-refractivity contribution < 1.29 is 0 Å².